The number of esters is 1. The van der Waals surface area contributed by atoms with Crippen molar-refractivity contribution in [2.24, 2.45) is 0 Å². The molecule has 0 saturated heterocycles. The molecule has 4 aromatic carbocycles. The summed E-state index contributed by atoms with van der Waals surface area (Å²) < 4.78 is 16.9. The number of ether oxygens (including phenoxy) is 3. The number of benzene rings is 4. The van der Waals surface area contributed by atoms with Gasteiger partial charge < -0.3 is 24.4 Å². The number of methoxy groups -OCH3 is 2. The molecule has 5 rings (SSSR count). The Bertz CT molecular complexity index is 1470. The molecule has 0 aromatic heterocycles. The molecular weight excluding hydrogens is 500 g/mol. The highest BCUT2D eigenvalue weighted by molar-refractivity contribution is 5.93. The number of rotatable bonds is 9. The molecular formula is C34H34N2O4. The van der Waals surface area contributed by atoms with Gasteiger partial charge in [-0.1, -0.05) is 60.7 Å². The van der Waals surface area contributed by atoms with E-state index >= 15 is 0 Å². The van der Waals surface area contributed by atoms with Crippen molar-refractivity contribution in [1.29, 1.82) is 0 Å². The maximum atomic E-state index is 13.9. The van der Waals surface area contributed by atoms with Crippen LogP contribution in [0, 0.1) is 0 Å². The van der Waals surface area contributed by atoms with Crippen molar-refractivity contribution in [3.8, 4) is 11.5 Å². The number of hydrogen-bond donors (Lipinski definition) is 1. The highest BCUT2D eigenvalue weighted by Crippen LogP contribution is 2.48. The quantitative estimate of drug-likeness (QED) is 0.227. The number of para-hydroxylation sites is 2. The number of carbonyl (C=O) groups excluding carboxylic acids is 1. The lowest BCUT2D eigenvalue weighted by Gasteiger charge is -2.46. The van der Waals surface area contributed by atoms with E-state index in [4.69, 9.17) is 14.2 Å². The highest BCUT2D eigenvalue weighted by Gasteiger charge is 2.42. The Morgan fingerprint density at radius 2 is 1.40 bits per heavy atom. The molecule has 0 fully saturated rings. The van der Waals surface area contributed by atoms with E-state index in [1.165, 1.54) is 0 Å². The highest BCUT2D eigenvalue weighted by atomic mass is 16.5. The smallest absolute Gasteiger partial charge is 0.338 e. The van der Waals surface area contributed by atoms with Gasteiger partial charge in [0.15, 0.2) is 0 Å². The summed E-state index contributed by atoms with van der Waals surface area (Å²) in [5, 5.41) is 3.59. The van der Waals surface area contributed by atoms with Gasteiger partial charge in [0.05, 0.1) is 38.5 Å². The molecule has 6 heteroatoms. The first-order valence-corrected chi connectivity index (χ1v) is 13.5. The summed E-state index contributed by atoms with van der Waals surface area (Å²) in [6, 6.07) is 35.6. The molecule has 4 aromatic rings. The molecule has 1 heterocycles. The first kappa shape index (κ1) is 26.9. The average molecular weight is 535 g/mol. The fourth-order valence-corrected chi connectivity index (χ4v) is 5.34. The van der Waals surface area contributed by atoms with Crippen LogP contribution in [0.1, 0.15) is 36.6 Å². The van der Waals surface area contributed by atoms with Crippen molar-refractivity contribution in [2.75, 3.05) is 31.0 Å². The Hall–Kier alpha value is -4.71. The van der Waals surface area contributed by atoms with Crippen LogP contribution in [0.5, 0.6) is 11.5 Å². The van der Waals surface area contributed by atoms with Crippen LogP contribution in [-0.4, -0.2) is 26.8 Å². The Labute approximate surface area is 235 Å². The van der Waals surface area contributed by atoms with Gasteiger partial charge in [-0.15, -0.1) is 0 Å². The molecule has 0 bridgehead atoms. The first-order valence-electron chi connectivity index (χ1n) is 13.5. The lowest BCUT2D eigenvalue weighted by molar-refractivity contribution is -0.139. The molecule has 0 radical (unpaired) electrons. The molecule has 0 spiro atoms. The second kappa shape index (κ2) is 12.4. The monoisotopic (exact) mass is 534 g/mol. The van der Waals surface area contributed by atoms with Gasteiger partial charge >= 0.3 is 5.97 Å². The zero-order valence-corrected chi connectivity index (χ0v) is 23.0. The summed E-state index contributed by atoms with van der Waals surface area (Å²) in [4.78, 5) is 16.2. The van der Waals surface area contributed by atoms with Gasteiger partial charge in [0, 0.05) is 23.5 Å². The van der Waals surface area contributed by atoms with Crippen LogP contribution >= 0.6 is 0 Å². The molecule has 1 aliphatic heterocycles. The topological polar surface area (TPSA) is 60.0 Å². The number of nitrogens with one attached hydrogen (secondary N) is 1. The number of anilines is 2. The minimum Gasteiger partial charge on any atom is -0.497 e. The van der Waals surface area contributed by atoms with E-state index in [2.05, 4.69) is 34.5 Å². The third-order valence-electron chi connectivity index (χ3n) is 7.12. The Balaban J connectivity index is 1.79. The van der Waals surface area contributed by atoms with Gasteiger partial charge in [-0.05, 0) is 66.6 Å². The first-order chi connectivity index (χ1) is 19.6. The zero-order chi connectivity index (χ0) is 27.9. The third kappa shape index (κ3) is 5.66. The molecule has 0 unspecified atom stereocenters. The van der Waals surface area contributed by atoms with Crippen molar-refractivity contribution in [3.05, 3.63) is 132 Å². The standard InChI is InChI=1S/C34H34N2O4/c1-4-40-34(37)32-30(35-26-15-7-5-8-16-26)23-31(24-13-11-19-28(21-24)38-2)36(27-17-9-6-10-18-27)33(32)25-14-12-20-29(22-25)39-3/h5-22,31,33,35H,4,23H2,1-3H3/t31-,33+/m0/s1. The molecule has 6 nitrogen and oxygen atoms in total. The van der Waals surface area contributed by atoms with E-state index in [0.717, 1.165) is 39.7 Å². The summed E-state index contributed by atoms with van der Waals surface area (Å²) in [6.45, 7) is 2.11. The van der Waals surface area contributed by atoms with Crippen LogP contribution in [-0.2, 0) is 9.53 Å². The molecule has 1 aliphatic rings. The molecule has 2 atom stereocenters. The fourth-order valence-electron chi connectivity index (χ4n) is 5.34. The van der Waals surface area contributed by atoms with Crippen LogP contribution in [0.4, 0.5) is 11.4 Å². The van der Waals surface area contributed by atoms with Crippen LogP contribution in [0.2, 0.25) is 0 Å². The summed E-state index contributed by atoms with van der Waals surface area (Å²) in [5.41, 5.74) is 5.28. The molecule has 0 amide bonds. The van der Waals surface area contributed by atoms with Crippen molar-refractivity contribution in [1.82, 2.24) is 0 Å². The second-order valence-electron chi connectivity index (χ2n) is 9.52. The Morgan fingerprint density at radius 3 is 2.02 bits per heavy atom. The number of hydrogen-bond acceptors (Lipinski definition) is 6. The summed E-state index contributed by atoms with van der Waals surface area (Å²) >= 11 is 0. The maximum absolute atomic E-state index is 13.9. The van der Waals surface area contributed by atoms with Gasteiger partial charge in [-0.3, -0.25) is 0 Å². The molecule has 0 aliphatic carbocycles. The van der Waals surface area contributed by atoms with Gasteiger partial charge in [0.25, 0.3) is 0 Å². The SMILES string of the molecule is CCOC(=O)C1=C(Nc2ccccc2)C[C@@H](c2cccc(OC)c2)N(c2ccccc2)[C@@H]1c1cccc(OC)c1. The number of nitrogens with zero attached hydrogens (tertiary/aromatic N) is 1. The van der Waals surface area contributed by atoms with E-state index < -0.39 is 6.04 Å². The van der Waals surface area contributed by atoms with Gasteiger partial charge in [-0.25, -0.2) is 4.79 Å². The van der Waals surface area contributed by atoms with Crippen LogP contribution in [0.25, 0.3) is 0 Å². The van der Waals surface area contributed by atoms with Gasteiger partial charge in [0.1, 0.15) is 11.5 Å². The average Bonchev–Trinajstić information content (AvgIpc) is 3.01. The fraction of sp³-hybridized carbons (Fsp3) is 0.206. The largest absolute Gasteiger partial charge is 0.497 e. The molecule has 1 N–H and O–H groups in total. The van der Waals surface area contributed by atoms with Crippen molar-refractivity contribution in [3.63, 3.8) is 0 Å². The van der Waals surface area contributed by atoms with Gasteiger partial charge in [0.2, 0.25) is 0 Å². The van der Waals surface area contributed by atoms with E-state index in [9.17, 15) is 4.79 Å². The third-order valence-corrected chi connectivity index (χ3v) is 7.12. The summed E-state index contributed by atoms with van der Waals surface area (Å²) in [7, 11) is 3.33. The maximum Gasteiger partial charge on any atom is 0.338 e. The molecule has 204 valence electrons. The van der Waals surface area contributed by atoms with E-state index in [0.29, 0.717) is 12.0 Å². The predicted molar refractivity (Wildman–Crippen MR) is 159 cm³/mol. The van der Waals surface area contributed by atoms with Crippen LogP contribution in [0.3, 0.4) is 0 Å². The molecule has 40 heavy (non-hydrogen) atoms. The normalized spacial score (nSPS) is 16.8. The van der Waals surface area contributed by atoms with Crippen molar-refractivity contribution in [2.45, 2.75) is 25.4 Å². The Kier molecular flexibility index (Phi) is 8.35. The van der Waals surface area contributed by atoms with Crippen LogP contribution < -0.4 is 19.7 Å². The Morgan fingerprint density at radius 1 is 0.800 bits per heavy atom. The minimum atomic E-state index is -0.465. The predicted octanol–water partition coefficient (Wildman–Crippen LogP) is 7.33. The zero-order valence-electron chi connectivity index (χ0n) is 23.0. The van der Waals surface area contributed by atoms with Crippen molar-refractivity contribution < 1.29 is 19.0 Å². The summed E-state index contributed by atoms with van der Waals surface area (Å²) in [5.74, 6) is 1.15. The van der Waals surface area contributed by atoms with Gasteiger partial charge in [-0.2, -0.15) is 0 Å². The van der Waals surface area contributed by atoms with E-state index in [1.54, 1.807) is 14.2 Å². The minimum absolute atomic E-state index is 0.127. The van der Waals surface area contributed by atoms with E-state index in [1.807, 2.05) is 91.9 Å². The second-order valence-corrected chi connectivity index (χ2v) is 9.52. The van der Waals surface area contributed by atoms with E-state index in [-0.39, 0.29) is 18.6 Å². The lowest BCUT2D eigenvalue weighted by atomic mass is 9.84. The summed E-state index contributed by atoms with van der Waals surface area (Å²) in [6.07, 6.45) is 0.547. The van der Waals surface area contributed by atoms with Crippen molar-refractivity contribution >= 4 is 17.3 Å². The number of carbonyl (C=O) groups is 1. The van der Waals surface area contributed by atoms with Crippen LogP contribution in [0.15, 0.2) is 120 Å². The molecule has 0 saturated carbocycles. The lowest BCUT2D eigenvalue weighted by Crippen LogP contribution is -2.41.